The van der Waals surface area contributed by atoms with E-state index in [4.69, 9.17) is 32.2 Å². The van der Waals surface area contributed by atoms with Crippen molar-refractivity contribution >= 4 is 11.3 Å². The first-order chi connectivity index (χ1) is 9.12. The molecule has 0 aliphatic rings. The van der Waals surface area contributed by atoms with Gasteiger partial charge in [-0.2, -0.15) is 10.5 Å². The summed E-state index contributed by atoms with van der Waals surface area (Å²) in [4.78, 5) is 0. The highest BCUT2D eigenvalue weighted by atomic mass is 16.5. The summed E-state index contributed by atoms with van der Waals surface area (Å²) in [6, 6.07) is 6.64. The molecule has 1 aromatic rings. The maximum Gasteiger partial charge on any atom is 0.140 e. The summed E-state index contributed by atoms with van der Waals surface area (Å²) >= 11 is 0. The highest BCUT2D eigenvalue weighted by Gasteiger charge is 2.08. The maximum atomic E-state index is 8.92. The Balaban J connectivity index is 3.98. The van der Waals surface area contributed by atoms with Crippen LogP contribution in [-0.2, 0) is 0 Å². The number of methoxy groups -OCH3 is 2. The second-order valence-electron chi connectivity index (χ2n) is 3.41. The lowest BCUT2D eigenvalue weighted by molar-refractivity contribution is 0.397. The second kappa shape index (κ2) is 6.00. The van der Waals surface area contributed by atoms with Gasteiger partial charge in [0.15, 0.2) is 0 Å². The zero-order valence-corrected chi connectivity index (χ0v) is 10.5. The molecule has 0 spiro atoms. The minimum atomic E-state index is -0.0824. The standard InChI is InChI=1S/C14H11N3O2/c1-4-12(17)11-6-13(18-2)10(5-14(11)19-3)9(7-15)8-16/h1,5-6H,17H2,2-3H3. The lowest BCUT2D eigenvalue weighted by atomic mass is 10.1. The molecular weight excluding hydrogens is 242 g/mol. The van der Waals surface area contributed by atoms with Gasteiger partial charge in [-0.3, -0.25) is 0 Å². The summed E-state index contributed by atoms with van der Waals surface area (Å²) in [5.41, 5.74) is 5.79. The zero-order chi connectivity index (χ0) is 14.4. The molecule has 19 heavy (non-hydrogen) atoms. The highest BCUT2D eigenvalue weighted by molar-refractivity contribution is 5.74. The van der Waals surface area contributed by atoms with E-state index in [1.165, 1.54) is 26.4 Å². The molecule has 0 fully saturated rings. The van der Waals surface area contributed by atoms with Crippen molar-refractivity contribution in [2.75, 3.05) is 14.2 Å². The molecular formula is C14H11N3O2. The lowest BCUT2D eigenvalue weighted by Gasteiger charge is -2.07. The molecule has 0 radical (unpaired) electrons. The van der Waals surface area contributed by atoms with E-state index in [0.717, 1.165) is 0 Å². The molecule has 0 aliphatic heterocycles. The van der Waals surface area contributed by atoms with E-state index >= 15 is 0 Å². The number of terminal acetylenes is 1. The Hall–Kier alpha value is -3.10. The van der Waals surface area contributed by atoms with Crippen LogP contribution in [0.25, 0.3) is 11.3 Å². The van der Waals surface area contributed by atoms with Crippen molar-refractivity contribution < 1.29 is 9.47 Å². The largest absolute Gasteiger partial charge is 0.496 e. The fraction of sp³-hybridized carbons (Fsp3) is 0.143. The fourth-order valence-corrected chi connectivity index (χ4v) is 1.53. The topological polar surface area (TPSA) is 92.1 Å². The molecule has 1 rings (SSSR count). The molecule has 0 aliphatic carbocycles. The Kier molecular flexibility index (Phi) is 4.41. The van der Waals surface area contributed by atoms with Gasteiger partial charge in [0.05, 0.1) is 25.1 Å². The molecule has 0 bridgehead atoms. The molecule has 0 saturated carbocycles. The van der Waals surface area contributed by atoms with Crippen LogP contribution < -0.4 is 25.6 Å². The van der Waals surface area contributed by atoms with Crippen molar-refractivity contribution in [1.82, 2.24) is 0 Å². The van der Waals surface area contributed by atoms with E-state index in [1.54, 1.807) is 12.1 Å². The molecule has 0 saturated heterocycles. The van der Waals surface area contributed by atoms with Crippen LogP contribution in [0.3, 0.4) is 0 Å². The molecule has 5 nitrogen and oxygen atoms in total. The first-order valence-corrected chi connectivity index (χ1v) is 5.15. The summed E-state index contributed by atoms with van der Waals surface area (Å²) in [5, 5.41) is 18.6. The van der Waals surface area contributed by atoms with Gasteiger partial charge >= 0.3 is 0 Å². The fourth-order valence-electron chi connectivity index (χ4n) is 1.53. The number of nitriles is 2. The van der Waals surface area contributed by atoms with Crippen LogP contribution in [0, 0.1) is 35.0 Å². The van der Waals surface area contributed by atoms with Crippen LogP contribution in [0.2, 0.25) is 0 Å². The predicted octanol–water partition coefficient (Wildman–Crippen LogP) is -0.398. The third-order valence-electron chi connectivity index (χ3n) is 2.46. The summed E-state index contributed by atoms with van der Waals surface area (Å²) in [5.74, 6) is 3.00. The molecule has 0 aromatic heterocycles. The van der Waals surface area contributed by atoms with Gasteiger partial charge in [0.2, 0.25) is 0 Å². The van der Waals surface area contributed by atoms with E-state index in [9.17, 15) is 0 Å². The van der Waals surface area contributed by atoms with Crippen LogP contribution in [0.15, 0.2) is 12.1 Å². The minimum Gasteiger partial charge on any atom is -0.496 e. The Bertz CT molecular complexity index is 727. The van der Waals surface area contributed by atoms with Gasteiger partial charge in [-0.1, -0.05) is 5.92 Å². The zero-order valence-electron chi connectivity index (χ0n) is 10.5. The average molecular weight is 253 g/mol. The smallest absolute Gasteiger partial charge is 0.140 e. The summed E-state index contributed by atoms with van der Waals surface area (Å²) in [6.45, 7) is 0. The van der Waals surface area contributed by atoms with Gasteiger partial charge in [-0.05, 0) is 12.1 Å². The van der Waals surface area contributed by atoms with Crippen molar-refractivity contribution in [3.8, 4) is 36.0 Å². The first kappa shape index (κ1) is 14.0. The molecule has 2 N–H and O–H groups in total. The third-order valence-corrected chi connectivity index (χ3v) is 2.46. The number of hydrogen-bond acceptors (Lipinski definition) is 5. The van der Waals surface area contributed by atoms with Crippen molar-refractivity contribution in [1.29, 1.82) is 10.5 Å². The predicted molar refractivity (Wildman–Crippen MR) is 69.9 cm³/mol. The van der Waals surface area contributed by atoms with Gasteiger partial charge in [-0.15, -0.1) is 6.42 Å². The van der Waals surface area contributed by atoms with E-state index in [1.807, 2.05) is 0 Å². The third kappa shape index (κ3) is 2.60. The number of benzene rings is 1. The van der Waals surface area contributed by atoms with E-state index in [0.29, 0.717) is 21.9 Å². The van der Waals surface area contributed by atoms with Crippen molar-refractivity contribution in [2.45, 2.75) is 0 Å². The Morgan fingerprint density at radius 1 is 1.11 bits per heavy atom. The minimum absolute atomic E-state index is 0.0824. The normalized spacial score (nSPS) is 10.5. The molecule has 94 valence electrons. The van der Waals surface area contributed by atoms with Gasteiger partial charge in [0.1, 0.15) is 29.2 Å². The molecule has 0 heterocycles. The highest BCUT2D eigenvalue weighted by Crippen LogP contribution is 2.08. The van der Waals surface area contributed by atoms with Crippen molar-refractivity contribution in [3.63, 3.8) is 0 Å². The van der Waals surface area contributed by atoms with Crippen LogP contribution in [0.1, 0.15) is 0 Å². The van der Waals surface area contributed by atoms with E-state index < -0.39 is 0 Å². The van der Waals surface area contributed by atoms with Crippen molar-refractivity contribution in [2.24, 2.45) is 5.73 Å². The summed E-state index contributed by atoms with van der Waals surface area (Å²) in [7, 11) is 2.87. The average Bonchev–Trinajstić information content (AvgIpc) is 2.46. The monoisotopic (exact) mass is 253 g/mol. The molecule has 0 atom stereocenters. The van der Waals surface area contributed by atoms with Crippen LogP contribution >= 0.6 is 0 Å². The Morgan fingerprint density at radius 2 is 1.58 bits per heavy atom. The number of rotatable bonds is 2. The van der Waals surface area contributed by atoms with Gasteiger partial charge in [0, 0.05) is 5.22 Å². The number of nitrogens with two attached hydrogens (primary N) is 1. The number of hydrogen-bond donors (Lipinski definition) is 1. The van der Waals surface area contributed by atoms with E-state index in [2.05, 4.69) is 5.92 Å². The first-order valence-electron chi connectivity index (χ1n) is 5.15. The van der Waals surface area contributed by atoms with Crippen LogP contribution in [-0.4, -0.2) is 14.2 Å². The van der Waals surface area contributed by atoms with E-state index in [-0.39, 0.29) is 11.3 Å². The SMILES string of the molecule is C#CC(N)=c1cc(OC)c(=C(C#N)C#N)cc1OC. The maximum absolute atomic E-state index is 8.92. The molecule has 5 heteroatoms. The number of nitrogens with zero attached hydrogens (tertiary/aromatic N) is 2. The van der Waals surface area contributed by atoms with Gasteiger partial charge in [-0.25, -0.2) is 0 Å². The Morgan fingerprint density at radius 3 is 2.00 bits per heavy atom. The molecule has 1 aromatic carbocycles. The van der Waals surface area contributed by atoms with Crippen LogP contribution in [0.5, 0.6) is 11.5 Å². The number of ether oxygens (including phenoxy) is 2. The quantitative estimate of drug-likeness (QED) is 0.724. The van der Waals surface area contributed by atoms with Crippen molar-refractivity contribution in [3.05, 3.63) is 22.6 Å². The van der Waals surface area contributed by atoms with Crippen LogP contribution in [0.4, 0.5) is 0 Å². The molecule has 0 amide bonds. The van der Waals surface area contributed by atoms with Gasteiger partial charge in [0.25, 0.3) is 0 Å². The lowest BCUT2D eigenvalue weighted by Crippen LogP contribution is -2.20. The van der Waals surface area contributed by atoms with Gasteiger partial charge < -0.3 is 15.2 Å². The Labute approximate surface area is 110 Å². The summed E-state index contributed by atoms with van der Waals surface area (Å²) < 4.78 is 10.3. The summed E-state index contributed by atoms with van der Waals surface area (Å²) in [6.07, 6.45) is 5.25. The second-order valence-corrected chi connectivity index (χ2v) is 3.41. The molecule has 0 unspecified atom stereocenters.